The highest BCUT2D eigenvalue weighted by atomic mass is 16.5. The molecule has 144 valence electrons. The molecule has 1 aromatic heterocycles. The minimum absolute atomic E-state index is 0.0176. The second-order valence-electron chi connectivity index (χ2n) is 6.24. The second-order valence-corrected chi connectivity index (χ2v) is 6.24. The van der Waals surface area contributed by atoms with Crippen LogP contribution in [0.5, 0.6) is 17.4 Å². The van der Waals surface area contributed by atoms with Crippen LogP contribution in [-0.4, -0.2) is 25.3 Å². The molecule has 2 N–H and O–H groups in total. The lowest BCUT2D eigenvalue weighted by Crippen LogP contribution is -2.22. The van der Waals surface area contributed by atoms with Crippen LogP contribution in [0.25, 0.3) is 11.4 Å². The zero-order valence-electron chi connectivity index (χ0n) is 15.1. The number of carboxylic acids is 1. The smallest absolute Gasteiger partial charge is 0.340 e. The highest BCUT2D eigenvalue weighted by molar-refractivity contribution is 5.88. The van der Waals surface area contributed by atoms with Crippen molar-refractivity contribution in [3.63, 3.8) is 0 Å². The summed E-state index contributed by atoms with van der Waals surface area (Å²) < 4.78 is 8.05. The second kappa shape index (κ2) is 7.40. The van der Waals surface area contributed by atoms with Crippen molar-refractivity contribution in [3.05, 3.63) is 101 Å². The molecular weight excluding hydrogens is 372 g/mol. The van der Waals surface area contributed by atoms with Crippen LogP contribution >= 0.6 is 0 Å². The molecule has 0 aliphatic carbocycles. The lowest BCUT2D eigenvalue weighted by molar-refractivity contribution is 0.0697. The van der Waals surface area contributed by atoms with Gasteiger partial charge in [-0.3, -0.25) is 4.57 Å². The highest BCUT2D eigenvalue weighted by Gasteiger charge is 2.15. The normalized spacial score (nSPS) is 10.6. The topological polar surface area (TPSA) is 93.7 Å². The minimum atomic E-state index is -1.12. The molecule has 4 rings (SSSR count). The van der Waals surface area contributed by atoms with E-state index in [9.17, 15) is 14.7 Å². The van der Waals surface area contributed by atoms with E-state index in [1.165, 1.54) is 29.0 Å². The van der Waals surface area contributed by atoms with Crippen LogP contribution in [0.2, 0.25) is 0 Å². The summed E-state index contributed by atoms with van der Waals surface area (Å²) in [7, 11) is 0. The Labute approximate surface area is 165 Å². The number of aromatic hydroxyl groups is 1. The van der Waals surface area contributed by atoms with Crippen LogP contribution in [-0.2, 0) is 0 Å². The van der Waals surface area contributed by atoms with Gasteiger partial charge in [0, 0.05) is 0 Å². The molecule has 0 radical (unpaired) electrons. The van der Waals surface area contributed by atoms with Gasteiger partial charge in [-0.1, -0.05) is 24.3 Å². The summed E-state index contributed by atoms with van der Waals surface area (Å²) in [4.78, 5) is 24.0. The largest absolute Gasteiger partial charge is 0.493 e. The molecule has 0 amide bonds. The summed E-state index contributed by atoms with van der Waals surface area (Å²) in [6.45, 7) is 0. The van der Waals surface area contributed by atoms with Crippen molar-refractivity contribution < 1.29 is 19.7 Å². The first-order valence-electron chi connectivity index (χ1n) is 8.73. The van der Waals surface area contributed by atoms with Gasteiger partial charge >= 0.3 is 11.7 Å². The summed E-state index contributed by atoms with van der Waals surface area (Å²) in [5, 5.41) is 19.4. The standard InChI is InChI=1S/C22H16N2O5/c25-20-14-23(22(28)24(20)17-6-4-5-15(13-17)21(26)27)16-9-11-19(12-10-16)29-18-7-2-1-3-8-18/h1-14,25H,(H,26,27). The van der Waals surface area contributed by atoms with E-state index < -0.39 is 11.7 Å². The number of aromatic nitrogens is 2. The summed E-state index contributed by atoms with van der Waals surface area (Å²) in [6, 6.07) is 21.9. The van der Waals surface area contributed by atoms with E-state index in [2.05, 4.69) is 0 Å². The van der Waals surface area contributed by atoms with Crippen LogP contribution in [0.15, 0.2) is 89.9 Å². The molecule has 0 saturated heterocycles. The van der Waals surface area contributed by atoms with E-state index in [-0.39, 0.29) is 17.1 Å². The molecule has 0 aliphatic heterocycles. The lowest BCUT2D eigenvalue weighted by atomic mass is 10.2. The number of ether oxygens (including phenoxy) is 1. The predicted molar refractivity (Wildman–Crippen MR) is 107 cm³/mol. The fraction of sp³-hybridized carbons (Fsp3) is 0. The van der Waals surface area contributed by atoms with Crippen LogP contribution in [0.3, 0.4) is 0 Å². The number of hydrogen-bond acceptors (Lipinski definition) is 4. The van der Waals surface area contributed by atoms with Crippen molar-refractivity contribution >= 4 is 5.97 Å². The van der Waals surface area contributed by atoms with E-state index in [1.54, 1.807) is 30.3 Å². The molecule has 0 spiro atoms. The quantitative estimate of drug-likeness (QED) is 0.542. The first-order valence-corrected chi connectivity index (χ1v) is 8.73. The van der Waals surface area contributed by atoms with Gasteiger partial charge in [0.2, 0.25) is 5.88 Å². The van der Waals surface area contributed by atoms with Crippen molar-refractivity contribution in [1.82, 2.24) is 9.13 Å². The summed E-state index contributed by atoms with van der Waals surface area (Å²) in [5.74, 6) is -0.125. The molecule has 0 atom stereocenters. The zero-order chi connectivity index (χ0) is 20.4. The average molecular weight is 388 g/mol. The van der Waals surface area contributed by atoms with Gasteiger partial charge in [0.25, 0.3) is 0 Å². The number of hydrogen-bond donors (Lipinski definition) is 2. The maximum atomic E-state index is 12.8. The Bertz CT molecular complexity index is 1220. The van der Waals surface area contributed by atoms with E-state index in [4.69, 9.17) is 9.84 Å². The van der Waals surface area contributed by atoms with Gasteiger partial charge < -0.3 is 14.9 Å². The number of aromatic carboxylic acids is 1. The molecule has 0 aliphatic rings. The maximum Gasteiger partial charge on any atom is 0.340 e. The monoisotopic (exact) mass is 388 g/mol. The Morgan fingerprint density at radius 2 is 1.52 bits per heavy atom. The van der Waals surface area contributed by atoms with Crippen molar-refractivity contribution in [1.29, 1.82) is 0 Å². The van der Waals surface area contributed by atoms with Gasteiger partial charge in [-0.25, -0.2) is 14.2 Å². The fourth-order valence-electron chi connectivity index (χ4n) is 2.94. The van der Waals surface area contributed by atoms with Crippen molar-refractivity contribution in [3.8, 4) is 28.8 Å². The predicted octanol–water partition coefficient (Wildman–Crippen LogP) is 3.82. The zero-order valence-corrected chi connectivity index (χ0v) is 15.1. The van der Waals surface area contributed by atoms with E-state index in [0.717, 1.165) is 4.57 Å². The third-order valence-corrected chi connectivity index (χ3v) is 4.32. The van der Waals surface area contributed by atoms with Crippen molar-refractivity contribution in [2.45, 2.75) is 0 Å². The number of nitrogens with zero attached hydrogens (tertiary/aromatic N) is 2. The lowest BCUT2D eigenvalue weighted by Gasteiger charge is -2.07. The van der Waals surface area contributed by atoms with Gasteiger partial charge in [0.15, 0.2) is 0 Å². The molecule has 4 aromatic rings. The Morgan fingerprint density at radius 3 is 2.21 bits per heavy atom. The van der Waals surface area contributed by atoms with E-state index in [0.29, 0.717) is 17.2 Å². The Balaban J connectivity index is 1.67. The Hall–Kier alpha value is -4.26. The minimum Gasteiger partial charge on any atom is -0.493 e. The molecular formula is C22H16N2O5. The van der Waals surface area contributed by atoms with Gasteiger partial charge in [0.1, 0.15) is 11.5 Å². The molecule has 1 heterocycles. The van der Waals surface area contributed by atoms with Gasteiger partial charge in [-0.15, -0.1) is 0 Å². The summed E-state index contributed by atoms with van der Waals surface area (Å²) in [5.41, 5.74) is 0.278. The summed E-state index contributed by atoms with van der Waals surface area (Å²) >= 11 is 0. The van der Waals surface area contributed by atoms with Gasteiger partial charge in [-0.05, 0) is 54.6 Å². The number of rotatable bonds is 5. The third-order valence-electron chi connectivity index (χ3n) is 4.32. The van der Waals surface area contributed by atoms with Gasteiger partial charge in [-0.2, -0.15) is 0 Å². The van der Waals surface area contributed by atoms with Crippen LogP contribution in [0.1, 0.15) is 10.4 Å². The molecule has 0 saturated carbocycles. The molecule has 0 fully saturated rings. The first-order chi connectivity index (χ1) is 14.0. The fourth-order valence-corrected chi connectivity index (χ4v) is 2.94. The van der Waals surface area contributed by atoms with Crippen molar-refractivity contribution in [2.24, 2.45) is 0 Å². The van der Waals surface area contributed by atoms with Gasteiger partial charge in [0.05, 0.1) is 23.1 Å². The number of para-hydroxylation sites is 1. The SMILES string of the molecule is O=C(O)c1cccc(-n2c(O)cn(-c3ccc(Oc4ccccc4)cc3)c2=O)c1. The maximum absolute atomic E-state index is 12.8. The third kappa shape index (κ3) is 3.61. The molecule has 29 heavy (non-hydrogen) atoms. The summed E-state index contributed by atoms with van der Waals surface area (Å²) in [6.07, 6.45) is 1.28. The molecule has 7 heteroatoms. The highest BCUT2D eigenvalue weighted by Crippen LogP contribution is 2.23. The molecule has 0 bridgehead atoms. The first kappa shape index (κ1) is 18.1. The molecule has 7 nitrogen and oxygen atoms in total. The van der Waals surface area contributed by atoms with E-state index >= 15 is 0 Å². The Morgan fingerprint density at radius 1 is 0.828 bits per heavy atom. The average Bonchev–Trinajstić information content (AvgIpc) is 3.03. The van der Waals surface area contributed by atoms with Crippen LogP contribution in [0, 0.1) is 0 Å². The molecule has 3 aromatic carbocycles. The van der Waals surface area contributed by atoms with E-state index in [1.807, 2.05) is 30.3 Å². The number of carbonyl (C=O) groups is 1. The number of benzene rings is 3. The Kier molecular flexibility index (Phi) is 4.62. The number of carboxylic acid groups (broad SMARTS) is 1. The van der Waals surface area contributed by atoms with Crippen LogP contribution in [0.4, 0.5) is 0 Å². The van der Waals surface area contributed by atoms with Crippen molar-refractivity contribution in [2.75, 3.05) is 0 Å². The molecule has 0 unspecified atom stereocenters. The number of imidazole rings is 1. The van der Waals surface area contributed by atoms with Crippen LogP contribution < -0.4 is 10.4 Å².